The molecule has 3 aromatic rings. The number of carbonyl (C=O) groups excluding carboxylic acids is 1. The van der Waals surface area contributed by atoms with E-state index in [2.05, 4.69) is 15.3 Å². The van der Waals surface area contributed by atoms with Gasteiger partial charge in [0.25, 0.3) is 0 Å². The summed E-state index contributed by atoms with van der Waals surface area (Å²) in [5.74, 6) is -0.530. The van der Waals surface area contributed by atoms with Crippen molar-refractivity contribution in [1.29, 1.82) is 0 Å². The van der Waals surface area contributed by atoms with Crippen LogP contribution >= 0.6 is 0 Å². The lowest BCUT2D eigenvalue weighted by Gasteiger charge is -2.28. The van der Waals surface area contributed by atoms with Crippen LogP contribution in [0.4, 0.5) is 33.9 Å². The van der Waals surface area contributed by atoms with Gasteiger partial charge < -0.3 is 19.9 Å². The van der Waals surface area contributed by atoms with Gasteiger partial charge in [-0.2, -0.15) is 18.3 Å². The molecule has 2 aliphatic rings. The van der Waals surface area contributed by atoms with Gasteiger partial charge in [-0.25, -0.2) is 14.2 Å². The van der Waals surface area contributed by atoms with Crippen LogP contribution in [0.15, 0.2) is 36.7 Å². The van der Waals surface area contributed by atoms with Gasteiger partial charge in [-0.3, -0.25) is 4.68 Å². The third-order valence-electron chi connectivity index (χ3n) is 7.11. The maximum atomic E-state index is 15.0. The number of benzene rings is 1. The summed E-state index contributed by atoms with van der Waals surface area (Å²) in [6, 6.07) is 6.12. The van der Waals surface area contributed by atoms with E-state index >= 15 is 0 Å². The van der Waals surface area contributed by atoms with Gasteiger partial charge in [0.15, 0.2) is 0 Å². The zero-order valence-electron chi connectivity index (χ0n) is 21.8. The van der Waals surface area contributed by atoms with Crippen LogP contribution in [0.3, 0.4) is 0 Å². The van der Waals surface area contributed by atoms with E-state index in [1.54, 1.807) is 23.9 Å². The lowest BCUT2D eigenvalue weighted by Crippen LogP contribution is -2.36. The molecule has 39 heavy (non-hydrogen) atoms. The molecule has 1 atom stereocenters. The molecule has 1 aromatic carbocycles. The van der Waals surface area contributed by atoms with E-state index in [1.165, 1.54) is 11.0 Å². The first-order valence-electron chi connectivity index (χ1n) is 12.8. The van der Waals surface area contributed by atoms with Crippen molar-refractivity contribution in [3.63, 3.8) is 0 Å². The number of carbonyl (C=O) groups is 1. The summed E-state index contributed by atoms with van der Waals surface area (Å²) in [7, 11) is 1.82. The molecule has 0 saturated carbocycles. The number of hydrogen-bond acceptors (Lipinski definition) is 5. The minimum absolute atomic E-state index is 0.0204. The van der Waals surface area contributed by atoms with Crippen LogP contribution in [0.25, 0.3) is 22.4 Å². The molecule has 2 amide bonds. The van der Waals surface area contributed by atoms with Crippen molar-refractivity contribution in [2.24, 2.45) is 13.0 Å². The normalized spacial score (nSPS) is 18.1. The molecule has 0 spiro atoms. The number of rotatable bonds is 5. The average molecular weight is 547 g/mol. The summed E-state index contributed by atoms with van der Waals surface area (Å²) in [5.41, 5.74) is 3.63. The van der Waals surface area contributed by atoms with Gasteiger partial charge >= 0.3 is 12.2 Å². The standard InChI is InChI=1S/C27H30F4N6O2/c1-17-9-22(28)24(34-26(38)37-4-3-18(15-37)13-27(29,30)31)12-21(17)19-10-23(20-14-32-35(2)16-20)33-25(11-19)36-5-7-39-8-6-36/h9-12,14,16,18H,3-8,13,15H2,1-2H3,(H,34,38)/t18-/m0/s1. The monoisotopic (exact) mass is 546 g/mol. The Balaban J connectivity index is 1.44. The summed E-state index contributed by atoms with van der Waals surface area (Å²) < 4.78 is 60.5. The number of anilines is 2. The molecule has 1 N–H and O–H groups in total. The second-order valence-corrected chi connectivity index (χ2v) is 10.1. The highest BCUT2D eigenvalue weighted by molar-refractivity contribution is 5.91. The van der Waals surface area contributed by atoms with Crippen LogP contribution in [-0.4, -0.2) is 71.3 Å². The SMILES string of the molecule is Cc1cc(F)c(NC(=O)N2CC[C@@H](CC(F)(F)F)C2)cc1-c1cc(-c2cnn(C)c2)nc(N2CCOCC2)c1. The van der Waals surface area contributed by atoms with Crippen molar-refractivity contribution in [3.05, 3.63) is 48.0 Å². The molecule has 208 valence electrons. The van der Waals surface area contributed by atoms with Crippen molar-refractivity contribution < 1.29 is 27.1 Å². The first-order chi connectivity index (χ1) is 18.6. The van der Waals surface area contributed by atoms with E-state index in [0.29, 0.717) is 43.1 Å². The largest absolute Gasteiger partial charge is 0.389 e. The highest BCUT2D eigenvalue weighted by Crippen LogP contribution is 2.35. The molecule has 5 rings (SSSR count). The maximum Gasteiger partial charge on any atom is 0.389 e. The van der Waals surface area contributed by atoms with Gasteiger partial charge in [-0.15, -0.1) is 0 Å². The Morgan fingerprint density at radius 1 is 1.13 bits per heavy atom. The third kappa shape index (κ3) is 6.32. The van der Waals surface area contributed by atoms with Gasteiger partial charge in [0, 0.05) is 51.4 Å². The van der Waals surface area contributed by atoms with Crippen molar-refractivity contribution in [1.82, 2.24) is 19.7 Å². The number of pyridine rings is 1. The number of hydrogen-bond donors (Lipinski definition) is 1. The zero-order chi connectivity index (χ0) is 27.7. The molecule has 0 aliphatic carbocycles. The number of aromatic nitrogens is 3. The Kier molecular flexibility index (Phi) is 7.48. The Hall–Kier alpha value is -3.67. The number of morpholine rings is 1. The van der Waals surface area contributed by atoms with Crippen LogP contribution in [-0.2, 0) is 11.8 Å². The maximum absolute atomic E-state index is 15.0. The van der Waals surface area contributed by atoms with Gasteiger partial charge in [-0.05, 0) is 60.2 Å². The van der Waals surface area contributed by atoms with Gasteiger partial charge in [-0.1, -0.05) is 0 Å². The lowest BCUT2D eigenvalue weighted by atomic mass is 9.98. The molecule has 4 heterocycles. The van der Waals surface area contributed by atoms with E-state index in [4.69, 9.17) is 9.72 Å². The summed E-state index contributed by atoms with van der Waals surface area (Å²) in [6.45, 7) is 4.48. The summed E-state index contributed by atoms with van der Waals surface area (Å²) in [4.78, 5) is 21.1. The van der Waals surface area contributed by atoms with Crippen molar-refractivity contribution in [2.75, 3.05) is 49.6 Å². The number of urea groups is 1. The number of ether oxygens (including phenoxy) is 1. The number of nitrogens with one attached hydrogen (secondary N) is 1. The minimum Gasteiger partial charge on any atom is -0.378 e. The Labute approximate surface area is 223 Å². The highest BCUT2D eigenvalue weighted by Gasteiger charge is 2.36. The summed E-state index contributed by atoms with van der Waals surface area (Å²) in [6.07, 6.45) is -1.38. The van der Waals surface area contributed by atoms with Crippen LogP contribution in [0, 0.1) is 18.7 Å². The first kappa shape index (κ1) is 26.9. The van der Waals surface area contributed by atoms with Crippen LogP contribution in [0.2, 0.25) is 0 Å². The van der Waals surface area contributed by atoms with Gasteiger partial charge in [0.05, 0.1) is 30.8 Å². The predicted octanol–water partition coefficient (Wildman–Crippen LogP) is 5.24. The smallest absolute Gasteiger partial charge is 0.378 e. The fraction of sp³-hybridized carbons (Fsp3) is 0.444. The topological polar surface area (TPSA) is 75.5 Å². The number of nitrogens with zero attached hydrogens (tertiary/aromatic N) is 5. The predicted molar refractivity (Wildman–Crippen MR) is 139 cm³/mol. The van der Waals surface area contributed by atoms with E-state index in [-0.39, 0.29) is 25.2 Å². The molecule has 8 nitrogen and oxygen atoms in total. The molecule has 2 fully saturated rings. The zero-order valence-corrected chi connectivity index (χ0v) is 21.8. The molecule has 12 heteroatoms. The summed E-state index contributed by atoms with van der Waals surface area (Å²) >= 11 is 0. The molecule has 0 radical (unpaired) electrons. The van der Waals surface area contributed by atoms with E-state index in [1.807, 2.05) is 25.4 Å². The van der Waals surface area contributed by atoms with Crippen LogP contribution in [0.1, 0.15) is 18.4 Å². The van der Waals surface area contributed by atoms with E-state index in [9.17, 15) is 22.4 Å². The van der Waals surface area contributed by atoms with Crippen molar-refractivity contribution >= 4 is 17.5 Å². The summed E-state index contributed by atoms with van der Waals surface area (Å²) in [5, 5.41) is 6.83. The van der Waals surface area contributed by atoms with Gasteiger partial charge in [0.2, 0.25) is 0 Å². The van der Waals surface area contributed by atoms with Crippen LogP contribution < -0.4 is 10.2 Å². The molecule has 2 aliphatic heterocycles. The average Bonchev–Trinajstić information content (AvgIpc) is 3.54. The number of likely N-dealkylation sites (tertiary alicyclic amines) is 1. The second kappa shape index (κ2) is 10.8. The molecule has 2 aromatic heterocycles. The fourth-order valence-electron chi connectivity index (χ4n) is 5.11. The highest BCUT2D eigenvalue weighted by atomic mass is 19.4. The van der Waals surface area contributed by atoms with E-state index < -0.39 is 30.4 Å². The Morgan fingerprint density at radius 2 is 1.90 bits per heavy atom. The number of aryl methyl sites for hydroxylation is 2. The quantitative estimate of drug-likeness (QED) is 0.443. The first-order valence-corrected chi connectivity index (χ1v) is 12.8. The Morgan fingerprint density at radius 3 is 2.59 bits per heavy atom. The van der Waals surface area contributed by atoms with Crippen LogP contribution in [0.5, 0.6) is 0 Å². The number of alkyl halides is 3. The second-order valence-electron chi connectivity index (χ2n) is 10.1. The van der Waals surface area contributed by atoms with Gasteiger partial charge in [0.1, 0.15) is 11.6 Å². The fourth-order valence-corrected chi connectivity index (χ4v) is 5.11. The van der Waals surface area contributed by atoms with E-state index in [0.717, 1.165) is 16.9 Å². The lowest BCUT2D eigenvalue weighted by molar-refractivity contribution is -0.143. The van der Waals surface area contributed by atoms with Crippen molar-refractivity contribution in [2.45, 2.75) is 25.9 Å². The molecular weight excluding hydrogens is 516 g/mol. The Bertz CT molecular complexity index is 1350. The number of halogens is 4. The molecule has 0 unspecified atom stereocenters. The molecule has 0 bridgehead atoms. The molecule has 2 saturated heterocycles. The van der Waals surface area contributed by atoms with Crippen molar-refractivity contribution in [3.8, 4) is 22.4 Å². The number of amides is 2. The third-order valence-corrected chi connectivity index (χ3v) is 7.11. The minimum atomic E-state index is -4.28. The molecular formula is C27H30F4N6O2.